The Morgan fingerprint density at radius 3 is 2.27 bits per heavy atom. The van der Waals surface area contributed by atoms with Crippen LogP contribution in [0.1, 0.15) is 0 Å². The second-order valence-electron chi connectivity index (χ2n) is 2.44. The van der Waals surface area contributed by atoms with E-state index in [1.165, 1.54) is 7.11 Å². The Hall–Kier alpha value is -0.200. The molecular weight excluding hydrogens is 152 g/mol. The normalized spacial score (nSPS) is 44.7. The number of rotatable bonds is 2. The van der Waals surface area contributed by atoms with E-state index in [1.807, 2.05) is 0 Å². The molecule has 0 amide bonds. The van der Waals surface area contributed by atoms with E-state index in [1.54, 1.807) is 0 Å². The number of ether oxygens (including phenoxy) is 2. The van der Waals surface area contributed by atoms with Gasteiger partial charge in [0.25, 0.3) is 0 Å². The van der Waals surface area contributed by atoms with Crippen LogP contribution in [0.3, 0.4) is 0 Å². The molecule has 5 nitrogen and oxygen atoms in total. The zero-order valence-corrected chi connectivity index (χ0v) is 6.17. The van der Waals surface area contributed by atoms with E-state index in [2.05, 4.69) is 4.74 Å². The van der Waals surface area contributed by atoms with Crippen LogP contribution in [0.5, 0.6) is 0 Å². The van der Waals surface area contributed by atoms with E-state index in [-0.39, 0.29) is 6.61 Å². The van der Waals surface area contributed by atoms with Crippen molar-refractivity contribution in [3.8, 4) is 0 Å². The van der Waals surface area contributed by atoms with Crippen LogP contribution in [0.15, 0.2) is 0 Å². The molecular formula is C6H12O5. The molecule has 11 heavy (non-hydrogen) atoms. The molecule has 1 heterocycles. The molecule has 1 aliphatic rings. The molecule has 0 aliphatic carbocycles. The second-order valence-corrected chi connectivity index (χ2v) is 2.44. The van der Waals surface area contributed by atoms with Crippen molar-refractivity contribution in [3.05, 3.63) is 0 Å². The lowest BCUT2D eigenvalue weighted by atomic mass is 10.1. The largest absolute Gasteiger partial charge is 0.394 e. The van der Waals surface area contributed by atoms with Gasteiger partial charge >= 0.3 is 0 Å². The third-order valence-corrected chi connectivity index (χ3v) is 1.73. The molecule has 1 saturated heterocycles. The minimum absolute atomic E-state index is 0.321. The summed E-state index contributed by atoms with van der Waals surface area (Å²) in [6, 6.07) is 0. The predicted molar refractivity (Wildman–Crippen MR) is 34.8 cm³/mol. The molecule has 1 unspecified atom stereocenters. The molecule has 0 aromatic carbocycles. The summed E-state index contributed by atoms with van der Waals surface area (Å²) in [5, 5.41) is 26.9. The highest BCUT2D eigenvalue weighted by atomic mass is 16.7. The van der Waals surface area contributed by atoms with Crippen LogP contribution in [0.4, 0.5) is 0 Å². The summed E-state index contributed by atoms with van der Waals surface area (Å²) in [4.78, 5) is 0. The monoisotopic (exact) mass is 164 g/mol. The molecule has 1 fully saturated rings. The van der Waals surface area contributed by atoms with Crippen LogP contribution in [-0.2, 0) is 9.47 Å². The van der Waals surface area contributed by atoms with Gasteiger partial charge < -0.3 is 24.8 Å². The molecule has 0 aromatic heterocycles. The highest BCUT2D eigenvalue weighted by Gasteiger charge is 2.42. The molecule has 0 saturated carbocycles. The van der Waals surface area contributed by atoms with Gasteiger partial charge in [-0.3, -0.25) is 0 Å². The van der Waals surface area contributed by atoms with Crippen LogP contribution in [0.2, 0.25) is 0 Å². The molecule has 66 valence electrons. The van der Waals surface area contributed by atoms with Crippen LogP contribution in [0, 0.1) is 0 Å². The van der Waals surface area contributed by atoms with Gasteiger partial charge in [0, 0.05) is 7.11 Å². The van der Waals surface area contributed by atoms with Gasteiger partial charge in [0.15, 0.2) is 6.29 Å². The molecule has 0 radical (unpaired) electrons. The van der Waals surface area contributed by atoms with Crippen molar-refractivity contribution in [1.82, 2.24) is 0 Å². The van der Waals surface area contributed by atoms with Crippen molar-refractivity contribution >= 4 is 0 Å². The summed E-state index contributed by atoms with van der Waals surface area (Å²) in [6.45, 7) is -0.321. The van der Waals surface area contributed by atoms with Crippen LogP contribution in [-0.4, -0.2) is 53.6 Å². The van der Waals surface area contributed by atoms with Gasteiger partial charge in [-0.15, -0.1) is 0 Å². The fourth-order valence-electron chi connectivity index (χ4n) is 1.06. The standard InChI is InChI=1S/C6H12O5/c1-10-6-5(9)4(8)3(2-7)11-6/h3-9H,2H2,1H3/t3-,4-,5-,6?/m1/s1. The number of aliphatic hydroxyl groups is 3. The van der Waals surface area contributed by atoms with E-state index in [0.29, 0.717) is 0 Å². The van der Waals surface area contributed by atoms with Gasteiger partial charge in [-0.2, -0.15) is 0 Å². The zero-order valence-electron chi connectivity index (χ0n) is 6.17. The van der Waals surface area contributed by atoms with Gasteiger partial charge in [0.2, 0.25) is 0 Å². The fourth-order valence-corrected chi connectivity index (χ4v) is 1.06. The number of methoxy groups -OCH3 is 1. The first-order chi connectivity index (χ1) is 5.20. The van der Waals surface area contributed by atoms with Gasteiger partial charge in [-0.05, 0) is 0 Å². The lowest BCUT2D eigenvalue weighted by Crippen LogP contribution is -2.34. The number of hydrogen-bond donors (Lipinski definition) is 3. The van der Waals surface area contributed by atoms with Gasteiger partial charge in [-0.1, -0.05) is 0 Å². The quantitative estimate of drug-likeness (QED) is 0.443. The van der Waals surface area contributed by atoms with Crippen molar-refractivity contribution in [1.29, 1.82) is 0 Å². The molecule has 0 bridgehead atoms. The Kier molecular flexibility index (Phi) is 2.80. The third-order valence-electron chi connectivity index (χ3n) is 1.73. The van der Waals surface area contributed by atoms with Crippen molar-refractivity contribution in [2.45, 2.75) is 24.6 Å². The minimum atomic E-state index is -1.07. The summed E-state index contributed by atoms with van der Waals surface area (Å²) in [5.41, 5.74) is 0. The third kappa shape index (κ3) is 1.52. The first-order valence-corrected chi connectivity index (χ1v) is 3.36. The molecule has 0 aromatic rings. The Labute approximate surface area is 64.2 Å². The highest BCUT2D eigenvalue weighted by molar-refractivity contribution is 4.85. The highest BCUT2D eigenvalue weighted by Crippen LogP contribution is 2.20. The summed E-state index contributed by atoms with van der Waals surface area (Å²) < 4.78 is 9.59. The Balaban J connectivity index is 2.53. The molecule has 4 atom stereocenters. The lowest BCUT2D eigenvalue weighted by Gasteiger charge is -2.11. The average Bonchev–Trinajstić information content (AvgIpc) is 2.30. The molecule has 0 spiro atoms. The number of aliphatic hydroxyl groups excluding tert-OH is 3. The van der Waals surface area contributed by atoms with Gasteiger partial charge in [-0.25, -0.2) is 0 Å². The predicted octanol–water partition coefficient (Wildman–Crippen LogP) is -1.93. The summed E-state index contributed by atoms with van der Waals surface area (Å²) in [6.07, 6.45) is -3.71. The molecule has 1 aliphatic heterocycles. The zero-order chi connectivity index (χ0) is 8.43. The summed E-state index contributed by atoms with van der Waals surface area (Å²) in [5.74, 6) is 0. The SMILES string of the molecule is COC1O[C@H](CO)[C@@H](O)[C@H]1O. The van der Waals surface area contributed by atoms with Gasteiger partial charge in [0.05, 0.1) is 6.61 Å². The first-order valence-electron chi connectivity index (χ1n) is 3.36. The summed E-state index contributed by atoms with van der Waals surface area (Å²) >= 11 is 0. The Bertz CT molecular complexity index is 110. The van der Waals surface area contributed by atoms with Crippen molar-refractivity contribution < 1.29 is 24.8 Å². The molecule has 3 N–H and O–H groups in total. The lowest BCUT2D eigenvalue weighted by molar-refractivity contribution is -0.153. The topological polar surface area (TPSA) is 79.2 Å². The first kappa shape index (κ1) is 8.89. The van der Waals surface area contributed by atoms with E-state index < -0.39 is 24.6 Å². The maximum absolute atomic E-state index is 9.15. The maximum atomic E-state index is 9.15. The van der Waals surface area contributed by atoms with Crippen LogP contribution < -0.4 is 0 Å². The van der Waals surface area contributed by atoms with Crippen molar-refractivity contribution in [2.75, 3.05) is 13.7 Å². The van der Waals surface area contributed by atoms with Crippen molar-refractivity contribution in [3.63, 3.8) is 0 Å². The average molecular weight is 164 g/mol. The van der Waals surface area contributed by atoms with E-state index in [0.717, 1.165) is 0 Å². The Morgan fingerprint density at radius 1 is 1.36 bits per heavy atom. The van der Waals surface area contributed by atoms with Gasteiger partial charge in [0.1, 0.15) is 18.3 Å². The smallest absolute Gasteiger partial charge is 0.186 e. The van der Waals surface area contributed by atoms with Crippen molar-refractivity contribution in [2.24, 2.45) is 0 Å². The van der Waals surface area contributed by atoms with Crippen LogP contribution in [0.25, 0.3) is 0 Å². The maximum Gasteiger partial charge on any atom is 0.186 e. The van der Waals surface area contributed by atoms with Crippen LogP contribution >= 0.6 is 0 Å². The van der Waals surface area contributed by atoms with E-state index in [4.69, 9.17) is 20.1 Å². The fraction of sp³-hybridized carbons (Fsp3) is 1.00. The minimum Gasteiger partial charge on any atom is -0.394 e. The molecule has 1 rings (SSSR count). The second kappa shape index (κ2) is 3.46. The van der Waals surface area contributed by atoms with E-state index >= 15 is 0 Å². The van der Waals surface area contributed by atoms with E-state index in [9.17, 15) is 0 Å². The molecule has 5 heteroatoms. The number of hydrogen-bond acceptors (Lipinski definition) is 5. The Morgan fingerprint density at radius 2 is 2.00 bits per heavy atom. The summed E-state index contributed by atoms with van der Waals surface area (Å²) in [7, 11) is 1.36.